The van der Waals surface area contributed by atoms with Crippen LogP contribution in [0.1, 0.15) is 31.2 Å². The highest BCUT2D eigenvalue weighted by atomic mass is 79.9. The van der Waals surface area contributed by atoms with Gasteiger partial charge in [-0.2, -0.15) is 0 Å². The van der Waals surface area contributed by atoms with Crippen LogP contribution in [0.5, 0.6) is 0 Å². The number of ether oxygens (including phenoxy) is 1. The topological polar surface area (TPSA) is 15.7 Å². The number of piperidine rings is 2. The van der Waals surface area contributed by atoms with Crippen molar-refractivity contribution in [3.8, 4) is 0 Å². The molecule has 1 aliphatic carbocycles. The number of halogens is 1. The lowest BCUT2D eigenvalue weighted by molar-refractivity contribution is 0.0967. The first-order valence-electron chi connectivity index (χ1n) is 10.1. The summed E-state index contributed by atoms with van der Waals surface area (Å²) in [4.78, 5) is 5.23. The van der Waals surface area contributed by atoms with Crippen LogP contribution in [-0.4, -0.2) is 55.7 Å². The van der Waals surface area contributed by atoms with E-state index < -0.39 is 0 Å². The zero-order chi connectivity index (χ0) is 17.1. The third-order valence-electron chi connectivity index (χ3n) is 6.29. The monoisotopic (exact) mass is 406 g/mol. The van der Waals surface area contributed by atoms with E-state index in [-0.39, 0.29) is 0 Å². The van der Waals surface area contributed by atoms with Crippen LogP contribution in [-0.2, 0) is 11.3 Å². The quantitative estimate of drug-likeness (QED) is 0.606. The van der Waals surface area contributed by atoms with Crippen molar-refractivity contribution in [3.05, 3.63) is 34.3 Å². The Morgan fingerprint density at radius 3 is 2.40 bits per heavy atom. The number of hydrogen-bond acceptors (Lipinski definition) is 3. The van der Waals surface area contributed by atoms with E-state index >= 15 is 0 Å². The molecule has 25 heavy (non-hydrogen) atoms. The molecule has 1 saturated carbocycles. The van der Waals surface area contributed by atoms with E-state index in [1.165, 1.54) is 64.0 Å². The maximum absolute atomic E-state index is 6.00. The maximum Gasteiger partial charge on any atom is 0.0500 e. The number of fused-ring (bicyclic) bond motifs is 1. The fraction of sp³-hybridized carbons (Fsp3) is 0.714. The fourth-order valence-corrected chi connectivity index (χ4v) is 5.02. The molecule has 0 N–H and O–H groups in total. The molecule has 0 unspecified atom stereocenters. The Morgan fingerprint density at radius 1 is 0.960 bits per heavy atom. The Bertz CT molecular complexity index is 531. The van der Waals surface area contributed by atoms with Crippen LogP contribution < -0.4 is 0 Å². The summed E-state index contributed by atoms with van der Waals surface area (Å²) in [6.45, 7) is 9.44. The van der Waals surface area contributed by atoms with E-state index in [9.17, 15) is 0 Å². The maximum atomic E-state index is 6.00. The zero-order valence-electron chi connectivity index (χ0n) is 15.2. The van der Waals surface area contributed by atoms with Crippen LogP contribution in [0.2, 0.25) is 0 Å². The number of nitrogens with zero attached hydrogens (tertiary/aromatic N) is 2. The van der Waals surface area contributed by atoms with Gasteiger partial charge in [-0.25, -0.2) is 0 Å². The van der Waals surface area contributed by atoms with Gasteiger partial charge >= 0.3 is 0 Å². The van der Waals surface area contributed by atoms with E-state index in [2.05, 4.69) is 50.0 Å². The van der Waals surface area contributed by atoms with Gasteiger partial charge in [-0.05, 0) is 67.8 Å². The molecule has 1 aromatic carbocycles. The Balaban J connectivity index is 1.07. The number of hydrogen-bond donors (Lipinski definition) is 0. The van der Waals surface area contributed by atoms with Crippen LogP contribution >= 0.6 is 15.9 Å². The van der Waals surface area contributed by atoms with Gasteiger partial charge in [0.2, 0.25) is 0 Å². The first-order chi connectivity index (χ1) is 12.3. The third-order valence-corrected chi connectivity index (χ3v) is 6.82. The Labute approximate surface area is 160 Å². The minimum Gasteiger partial charge on any atom is -0.381 e. The van der Waals surface area contributed by atoms with Gasteiger partial charge in [0.05, 0.1) is 6.61 Å². The van der Waals surface area contributed by atoms with Crippen LogP contribution in [0, 0.1) is 17.8 Å². The van der Waals surface area contributed by atoms with E-state index in [4.69, 9.17) is 4.74 Å². The first kappa shape index (κ1) is 18.0. The summed E-state index contributed by atoms with van der Waals surface area (Å²) in [6.07, 6.45) is 5.42. The lowest BCUT2D eigenvalue weighted by Crippen LogP contribution is -2.31. The van der Waals surface area contributed by atoms with Crippen molar-refractivity contribution >= 4 is 15.9 Å². The lowest BCUT2D eigenvalue weighted by atomic mass is 10.1. The summed E-state index contributed by atoms with van der Waals surface area (Å²) in [7, 11) is 0. The third kappa shape index (κ3) is 4.85. The molecule has 3 nitrogen and oxygen atoms in total. The van der Waals surface area contributed by atoms with Gasteiger partial charge in [-0.15, -0.1) is 0 Å². The molecule has 4 heteroatoms. The largest absolute Gasteiger partial charge is 0.381 e. The molecule has 2 saturated heterocycles. The van der Waals surface area contributed by atoms with Crippen molar-refractivity contribution in [2.24, 2.45) is 17.8 Å². The van der Waals surface area contributed by atoms with Gasteiger partial charge < -0.3 is 9.64 Å². The second-order valence-corrected chi connectivity index (χ2v) is 9.06. The number of likely N-dealkylation sites (tertiary alicyclic amines) is 2. The van der Waals surface area contributed by atoms with Crippen LogP contribution in [0.4, 0.5) is 0 Å². The van der Waals surface area contributed by atoms with Gasteiger partial charge in [0.15, 0.2) is 0 Å². The van der Waals surface area contributed by atoms with Gasteiger partial charge in [0.25, 0.3) is 0 Å². The average molecular weight is 407 g/mol. The predicted molar refractivity (Wildman–Crippen MR) is 106 cm³/mol. The summed E-state index contributed by atoms with van der Waals surface area (Å²) in [5.74, 6) is 2.64. The summed E-state index contributed by atoms with van der Waals surface area (Å²) in [6, 6.07) is 8.76. The van der Waals surface area contributed by atoms with E-state index in [0.717, 1.165) is 42.0 Å². The lowest BCUT2D eigenvalue weighted by Gasteiger charge is -2.26. The molecule has 3 atom stereocenters. The molecule has 3 fully saturated rings. The zero-order valence-corrected chi connectivity index (χ0v) is 16.8. The molecule has 1 aromatic rings. The van der Waals surface area contributed by atoms with Crippen molar-refractivity contribution < 1.29 is 4.74 Å². The van der Waals surface area contributed by atoms with Crippen LogP contribution in [0.25, 0.3) is 0 Å². The van der Waals surface area contributed by atoms with E-state index in [1.54, 1.807) is 0 Å². The minimum atomic E-state index is 0.844. The molecule has 0 spiro atoms. The Morgan fingerprint density at radius 2 is 1.68 bits per heavy atom. The highest BCUT2D eigenvalue weighted by molar-refractivity contribution is 9.10. The van der Waals surface area contributed by atoms with E-state index in [1.807, 2.05) is 0 Å². The van der Waals surface area contributed by atoms with Crippen molar-refractivity contribution in [1.29, 1.82) is 0 Å². The highest BCUT2D eigenvalue weighted by Crippen LogP contribution is 2.52. The minimum absolute atomic E-state index is 0.844. The molecule has 0 aromatic heterocycles. The number of benzene rings is 1. The Hall–Kier alpha value is -0.420. The van der Waals surface area contributed by atoms with Crippen molar-refractivity contribution in [2.75, 3.05) is 45.9 Å². The summed E-state index contributed by atoms with van der Waals surface area (Å²) in [5.41, 5.74) is 1.43. The normalized spacial score (nSPS) is 29.7. The molecular formula is C21H31BrN2O. The molecular weight excluding hydrogens is 376 g/mol. The second kappa shape index (κ2) is 8.51. The first-order valence-corrected chi connectivity index (χ1v) is 10.9. The van der Waals surface area contributed by atoms with Gasteiger partial charge in [0, 0.05) is 37.3 Å². The molecule has 138 valence electrons. The fourth-order valence-electron chi connectivity index (χ4n) is 4.75. The molecule has 3 aliphatic rings. The van der Waals surface area contributed by atoms with Gasteiger partial charge in [0.1, 0.15) is 0 Å². The molecule has 4 rings (SSSR count). The Kier molecular flexibility index (Phi) is 6.12. The molecule has 2 aliphatic heterocycles. The molecule has 0 radical (unpaired) electrons. The standard InChI is InChI=1S/C21H31BrN2O/c22-18-7-5-17(6-8-18)13-24-14-19-20(15-24)21(19)16-25-12-4-11-23-9-2-1-3-10-23/h5-8,19-21H,1-4,9-16H2/t19-,20+,21-. The van der Waals surface area contributed by atoms with E-state index in [0.29, 0.717) is 0 Å². The highest BCUT2D eigenvalue weighted by Gasteiger charge is 2.55. The van der Waals surface area contributed by atoms with Gasteiger partial charge in [-0.3, -0.25) is 4.90 Å². The number of rotatable bonds is 8. The van der Waals surface area contributed by atoms with Crippen molar-refractivity contribution in [1.82, 2.24) is 9.80 Å². The predicted octanol–water partition coefficient (Wildman–Crippen LogP) is 4.02. The molecule has 0 bridgehead atoms. The van der Waals surface area contributed by atoms with Gasteiger partial charge in [-0.1, -0.05) is 34.5 Å². The summed E-state index contributed by atoms with van der Waals surface area (Å²) in [5, 5.41) is 0. The van der Waals surface area contributed by atoms with Crippen molar-refractivity contribution in [3.63, 3.8) is 0 Å². The SMILES string of the molecule is Brc1ccc(CN2C[C@@H]3[C@H](COCCCN4CCCCC4)[C@@H]3C2)cc1. The smallest absolute Gasteiger partial charge is 0.0500 e. The summed E-state index contributed by atoms with van der Waals surface area (Å²) >= 11 is 3.51. The van der Waals surface area contributed by atoms with Crippen LogP contribution in [0.15, 0.2) is 28.7 Å². The second-order valence-electron chi connectivity index (χ2n) is 8.14. The van der Waals surface area contributed by atoms with Crippen LogP contribution in [0.3, 0.4) is 0 Å². The molecule has 2 heterocycles. The molecule has 0 amide bonds. The average Bonchev–Trinajstić information content (AvgIpc) is 3.09. The summed E-state index contributed by atoms with van der Waals surface area (Å²) < 4.78 is 7.17. The van der Waals surface area contributed by atoms with Crippen molar-refractivity contribution in [2.45, 2.75) is 32.2 Å².